The predicted octanol–water partition coefficient (Wildman–Crippen LogP) is 5.24. The molecule has 0 unspecified atom stereocenters. The van der Waals surface area contributed by atoms with Gasteiger partial charge < -0.3 is 11.1 Å². The Balaban J connectivity index is 1.72. The van der Waals surface area contributed by atoms with Crippen molar-refractivity contribution in [3.8, 4) is 11.3 Å². The Morgan fingerprint density at radius 1 is 1.19 bits per heavy atom. The molecule has 0 radical (unpaired) electrons. The molecule has 136 valence electrons. The Morgan fingerprint density at radius 3 is 2.78 bits per heavy atom. The third kappa shape index (κ3) is 3.77. The first-order valence-electron chi connectivity index (χ1n) is 7.84. The molecule has 0 aliphatic heterocycles. The maximum absolute atomic E-state index is 12.5. The highest BCUT2D eigenvalue weighted by Gasteiger charge is 2.18. The van der Waals surface area contributed by atoms with Crippen LogP contribution in [0.5, 0.6) is 0 Å². The average molecular weight is 435 g/mol. The molecule has 5 nitrogen and oxygen atoms in total. The molecule has 3 heterocycles. The van der Waals surface area contributed by atoms with E-state index < -0.39 is 0 Å². The van der Waals surface area contributed by atoms with E-state index in [-0.39, 0.29) is 11.9 Å². The maximum atomic E-state index is 12.5. The van der Waals surface area contributed by atoms with Gasteiger partial charge in [0.25, 0.3) is 5.91 Å². The Hall–Kier alpha value is -2.19. The largest absolute Gasteiger partial charge is 0.368 e. The molecular weight excluding hydrogens is 423 g/mol. The minimum Gasteiger partial charge on any atom is -0.368 e. The lowest BCUT2D eigenvalue weighted by molar-refractivity contribution is 0.0955. The molecule has 0 aliphatic carbocycles. The van der Waals surface area contributed by atoms with Gasteiger partial charge in [0.1, 0.15) is 4.83 Å². The zero-order chi connectivity index (χ0) is 19.0. The third-order valence-corrected chi connectivity index (χ3v) is 6.28. The number of carbonyl (C=O) groups excluding carboxylic acids is 1. The number of halogens is 2. The van der Waals surface area contributed by atoms with E-state index in [0.29, 0.717) is 37.6 Å². The van der Waals surface area contributed by atoms with Gasteiger partial charge in [-0.3, -0.25) is 4.79 Å². The number of rotatable bonds is 4. The van der Waals surface area contributed by atoms with Gasteiger partial charge in [-0.2, -0.15) is 0 Å². The van der Waals surface area contributed by atoms with E-state index in [4.69, 9.17) is 28.9 Å². The van der Waals surface area contributed by atoms with Crippen molar-refractivity contribution in [2.24, 2.45) is 0 Å². The van der Waals surface area contributed by atoms with Crippen molar-refractivity contribution in [2.45, 2.75) is 6.54 Å². The van der Waals surface area contributed by atoms with Crippen molar-refractivity contribution in [1.82, 2.24) is 15.3 Å². The van der Waals surface area contributed by atoms with Gasteiger partial charge in [0.2, 0.25) is 5.95 Å². The zero-order valence-corrected chi connectivity index (χ0v) is 16.8. The van der Waals surface area contributed by atoms with Gasteiger partial charge in [0.15, 0.2) is 0 Å². The maximum Gasteiger partial charge on any atom is 0.261 e. The monoisotopic (exact) mass is 434 g/mol. The summed E-state index contributed by atoms with van der Waals surface area (Å²) in [5, 5.41) is 6.59. The molecule has 0 saturated heterocycles. The van der Waals surface area contributed by atoms with Crippen LogP contribution in [0.2, 0.25) is 10.0 Å². The average Bonchev–Trinajstić information content (AvgIpc) is 3.28. The lowest BCUT2D eigenvalue weighted by atomic mass is 10.1. The molecule has 9 heteroatoms. The number of fused-ring (bicyclic) bond motifs is 1. The van der Waals surface area contributed by atoms with Crippen molar-refractivity contribution < 1.29 is 4.79 Å². The van der Waals surface area contributed by atoms with Crippen LogP contribution in [0, 0.1) is 0 Å². The quantitative estimate of drug-likeness (QED) is 0.460. The number of nitrogens with zero attached hydrogens (tertiary/aromatic N) is 2. The molecule has 4 aromatic rings. The molecule has 0 fully saturated rings. The fraction of sp³-hybridized carbons (Fsp3) is 0.0556. The summed E-state index contributed by atoms with van der Waals surface area (Å²) in [5.74, 6) is -0.0472. The van der Waals surface area contributed by atoms with Gasteiger partial charge >= 0.3 is 0 Å². The summed E-state index contributed by atoms with van der Waals surface area (Å²) in [6.45, 7) is 0.481. The number of nitrogen functional groups attached to an aromatic ring is 1. The van der Waals surface area contributed by atoms with Crippen LogP contribution in [0.3, 0.4) is 0 Å². The zero-order valence-electron chi connectivity index (χ0n) is 13.7. The van der Waals surface area contributed by atoms with Crippen molar-refractivity contribution >= 4 is 67.9 Å². The Labute approximate surface area is 172 Å². The number of hydrogen-bond acceptors (Lipinski definition) is 6. The Morgan fingerprint density at radius 2 is 2.04 bits per heavy atom. The van der Waals surface area contributed by atoms with E-state index in [1.54, 1.807) is 35.6 Å². The number of hydrogen-bond donors (Lipinski definition) is 2. The van der Waals surface area contributed by atoms with Crippen molar-refractivity contribution in [3.05, 3.63) is 61.6 Å². The molecule has 4 rings (SSSR count). The molecule has 0 atom stereocenters. The number of benzene rings is 1. The summed E-state index contributed by atoms with van der Waals surface area (Å²) in [6.07, 6.45) is 0. The van der Waals surface area contributed by atoms with Gasteiger partial charge in [-0.25, -0.2) is 9.97 Å². The molecule has 1 amide bonds. The van der Waals surface area contributed by atoms with Crippen molar-refractivity contribution in [3.63, 3.8) is 0 Å². The minimum atomic E-state index is -0.168. The van der Waals surface area contributed by atoms with Crippen LogP contribution >= 0.6 is 45.9 Å². The number of thiophene rings is 2. The Kier molecular flexibility index (Phi) is 5.01. The molecule has 0 saturated carbocycles. The summed E-state index contributed by atoms with van der Waals surface area (Å²) in [5.41, 5.74) is 7.13. The number of amides is 1. The molecular formula is C18H12Cl2N4OS2. The van der Waals surface area contributed by atoms with Gasteiger partial charge in [0.05, 0.1) is 22.1 Å². The highest BCUT2D eigenvalue weighted by molar-refractivity contribution is 7.20. The summed E-state index contributed by atoms with van der Waals surface area (Å²) in [6, 6.07) is 10.8. The molecule has 3 aromatic heterocycles. The molecule has 0 bridgehead atoms. The van der Waals surface area contributed by atoms with E-state index in [1.165, 1.54) is 11.3 Å². The van der Waals surface area contributed by atoms with Crippen LogP contribution < -0.4 is 11.1 Å². The molecule has 0 aliphatic rings. The SMILES string of the molecule is Nc1nc(-c2ccc(Cl)cc2Cl)c2cc(C(=O)NCc3cccs3)sc2n1. The number of anilines is 1. The fourth-order valence-electron chi connectivity index (χ4n) is 2.60. The van der Waals surface area contributed by atoms with Gasteiger partial charge in [-0.15, -0.1) is 22.7 Å². The summed E-state index contributed by atoms with van der Waals surface area (Å²) < 4.78 is 0. The first-order valence-corrected chi connectivity index (χ1v) is 10.3. The second kappa shape index (κ2) is 7.44. The fourth-order valence-corrected chi connectivity index (χ4v) is 4.70. The van der Waals surface area contributed by atoms with Crippen LogP contribution in [0.1, 0.15) is 14.5 Å². The third-order valence-electron chi connectivity index (χ3n) is 3.82. The van der Waals surface area contributed by atoms with E-state index in [0.717, 1.165) is 10.3 Å². The highest BCUT2D eigenvalue weighted by atomic mass is 35.5. The van der Waals surface area contributed by atoms with E-state index in [1.807, 2.05) is 17.5 Å². The summed E-state index contributed by atoms with van der Waals surface area (Å²) in [7, 11) is 0. The van der Waals surface area contributed by atoms with Crippen molar-refractivity contribution in [1.29, 1.82) is 0 Å². The summed E-state index contributed by atoms with van der Waals surface area (Å²) >= 11 is 15.2. The van der Waals surface area contributed by atoms with Crippen LogP contribution in [0.25, 0.3) is 21.5 Å². The molecule has 3 N–H and O–H groups in total. The summed E-state index contributed by atoms with van der Waals surface area (Å²) in [4.78, 5) is 23.4. The highest BCUT2D eigenvalue weighted by Crippen LogP contribution is 2.36. The van der Waals surface area contributed by atoms with Crippen LogP contribution in [0.4, 0.5) is 5.95 Å². The molecule has 0 spiro atoms. The topological polar surface area (TPSA) is 80.9 Å². The second-order valence-electron chi connectivity index (χ2n) is 5.65. The first-order chi connectivity index (χ1) is 13.0. The van der Waals surface area contributed by atoms with Crippen molar-refractivity contribution in [2.75, 3.05) is 5.73 Å². The second-order valence-corrected chi connectivity index (χ2v) is 8.55. The van der Waals surface area contributed by atoms with Gasteiger partial charge in [-0.1, -0.05) is 29.3 Å². The van der Waals surface area contributed by atoms with Gasteiger partial charge in [0, 0.05) is 20.8 Å². The normalized spacial score (nSPS) is 11.0. The Bertz CT molecular complexity index is 1140. The number of nitrogens with two attached hydrogens (primary N) is 1. The number of carbonyl (C=O) groups is 1. The standard InChI is InChI=1S/C18H12Cl2N4OS2/c19-9-3-4-11(13(20)6-9)15-12-7-14(27-17(12)24-18(21)23-15)16(25)22-8-10-2-1-5-26-10/h1-7H,8H2,(H,22,25)(H2,21,23,24). The first kappa shape index (κ1) is 18.2. The lowest BCUT2D eigenvalue weighted by Gasteiger charge is -2.06. The van der Waals surface area contributed by atoms with Gasteiger partial charge in [-0.05, 0) is 35.7 Å². The number of nitrogens with one attached hydrogen (secondary N) is 1. The number of aromatic nitrogens is 2. The van der Waals surface area contributed by atoms with Crippen LogP contribution in [-0.4, -0.2) is 15.9 Å². The lowest BCUT2D eigenvalue weighted by Crippen LogP contribution is -2.21. The minimum absolute atomic E-state index is 0.121. The molecule has 1 aromatic carbocycles. The smallest absolute Gasteiger partial charge is 0.261 e. The van der Waals surface area contributed by atoms with E-state index in [9.17, 15) is 4.79 Å². The van der Waals surface area contributed by atoms with E-state index >= 15 is 0 Å². The molecule has 27 heavy (non-hydrogen) atoms. The van der Waals surface area contributed by atoms with Crippen LogP contribution in [0.15, 0.2) is 41.8 Å². The predicted molar refractivity (Wildman–Crippen MR) is 113 cm³/mol. The van der Waals surface area contributed by atoms with E-state index in [2.05, 4.69) is 15.3 Å². The van der Waals surface area contributed by atoms with Crippen LogP contribution in [-0.2, 0) is 6.54 Å².